The number of aliphatic hydroxyl groups is 1. The summed E-state index contributed by atoms with van der Waals surface area (Å²) in [6, 6.07) is 31.7. The first kappa shape index (κ1) is 37.1. The molecule has 0 aliphatic carbocycles. The number of hydrogen-bond acceptors (Lipinski definition) is 8. The summed E-state index contributed by atoms with van der Waals surface area (Å²) in [5.41, 5.74) is 2.81. The summed E-state index contributed by atoms with van der Waals surface area (Å²) in [5.74, 6) is -2.35. The Balaban J connectivity index is 1.54. The van der Waals surface area contributed by atoms with Crippen molar-refractivity contribution in [3.05, 3.63) is 137 Å². The molecule has 2 amide bonds. The molecule has 0 spiro atoms. The first-order valence-corrected chi connectivity index (χ1v) is 19.8. The molecule has 1 N–H and O–H groups in total. The second-order valence-corrected chi connectivity index (χ2v) is 18.8. The van der Waals surface area contributed by atoms with Crippen LogP contribution in [0.1, 0.15) is 54.7 Å². The van der Waals surface area contributed by atoms with Crippen LogP contribution in [0.5, 0.6) is 17.2 Å². The highest BCUT2D eigenvalue weighted by Gasteiger charge is 2.50. The first-order chi connectivity index (χ1) is 24.2. The van der Waals surface area contributed by atoms with Crippen molar-refractivity contribution < 1.29 is 38.1 Å². The average molecular weight is 708 g/mol. The highest BCUT2D eigenvalue weighted by molar-refractivity contribution is 6.75. The fourth-order valence-corrected chi connectivity index (χ4v) is 6.10. The SMILES string of the molecule is C[C@@H](O)[C@@H]1C(=O)N(C(=O)c2cc(OCc3ccccc3)c(OCc3ccccc3)c(OCc3ccccc3)c2)/C1=C/C(=O)O[Si](C)(C)C(C)(C)C. The third kappa shape index (κ3) is 8.94. The molecule has 0 unspecified atom stereocenters. The normalized spacial score (nSPS) is 15.9. The Labute approximate surface area is 300 Å². The molecule has 1 fully saturated rings. The third-order valence-electron chi connectivity index (χ3n) is 9.14. The van der Waals surface area contributed by atoms with Gasteiger partial charge in [0.05, 0.1) is 11.8 Å². The van der Waals surface area contributed by atoms with Crippen LogP contribution in [-0.4, -0.2) is 42.2 Å². The summed E-state index contributed by atoms with van der Waals surface area (Å²) >= 11 is 0. The lowest BCUT2D eigenvalue weighted by atomic mass is 9.87. The van der Waals surface area contributed by atoms with Crippen molar-refractivity contribution in [2.24, 2.45) is 5.92 Å². The van der Waals surface area contributed by atoms with Gasteiger partial charge in [-0.05, 0) is 53.9 Å². The van der Waals surface area contributed by atoms with E-state index in [1.54, 1.807) is 0 Å². The minimum atomic E-state index is -2.52. The van der Waals surface area contributed by atoms with Gasteiger partial charge in [0.2, 0.25) is 11.7 Å². The molecule has 1 aliphatic rings. The Morgan fingerprint density at radius 2 is 1.22 bits per heavy atom. The number of imide groups is 1. The quantitative estimate of drug-likeness (QED) is 0.0648. The smallest absolute Gasteiger partial charge is 0.319 e. The monoisotopic (exact) mass is 707 g/mol. The number of β-lactam (4-membered cyclic amide) rings is 1. The molecule has 0 saturated carbocycles. The van der Waals surface area contributed by atoms with Gasteiger partial charge in [-0.15, -0.1) is 0 Å². The van der Waals surface area contributed by atoms with Crippen LogP contribution in [-0.2, 0) is 33.8 Å². The summed E-state index contributed by atoms with van der Waals surface area (Å²) in [4.78, 5) is 41.8. The van der Waals surface area contributed by atoms with Gasteiger partial charge in [-0.3, -0.25) is 9.59 Å². The summed E-state index contributed by atoms with van der Waals surface area (Å²) in [5, 5.41) is 10.2. The fourth-order valence-electron chi connectivity index (χ4n) is 5.23. The Kier molecular flexibility index (Phi) is 11.5. The lowest BCUT2D eigenvalue weighted by Crippen LogP contribution is -2.57. The minimum absolute atomic E-state index is 0.0617. The van der Waals surface area contributed by atoms with E-state index in [0.29, 0.717) is 0 Å². The van der Waals surface area contributed by atoms with E-state index >= 15 is 0 Å². The molecule has 4 aromatic carbocycles. The number of ether oxygens (including phenoxy) is 3. The predicted octanol–water partition coefficient (Wildman–Crippen LogP) is 7.84. The van der Waals surface area contributed by atoms with Crippen LogP contribution in [0.4, 0.5) is 0 Å². The number of carbonyl (C=O) groups excluding carboxylic acids is 3. The number of benzene rings is 4. The Hall–Kier alpha value is -5.19. The number of nitrogens with zero attached hydrogens (tertiary/aromatic N) is 1. The van der Waals surface area contributed by atoms with Crippen molar-refractivity contribution in [3.8, 4) is 17.2 Å². The Morgan fingerprint density at radius 3 is 1.63 bits per heavy atom. The van der Waals surface area contributed by atoms with E-state index in [1.165, 1.54) is 19.1 Å². The number of amides is 2. The van der Waals surface area contributed by atoms with E-state index < -0.39 is 38.1 Å². The number of hydrogen-bond donors (Lipinski definition) is 1. The summed E-state index contributed by atoms with van der Waals surface area (Å²) in [7, 11) is -2.52. The summed E-state index contributed by atoms with van der Waals surface area (Å²) in [6.45, 7) is 11.8. The molecule has 5 rings (SSSR count). The summed E-state index contributed by atoms with van der Waals surface area (Å²) < 4.78 is 24.9. The third-order valence-corrected chi connectivity index (χ3v) is 13.5. The minimum Gasteiger partial charge on any atom is -0.516 e. The molecule has 10 heteroatoms. The molecule has 1 aliphatic heterocycles. The van der Waals surface area contributed by atoms with Crippen LogP contribution in [0.2, 0.25) is 18.1 Å². The zero-order valence-electron chi connectivity index (χ0n) is 29.9. The average Bonchev–Trinajstić information content (AvgIpc) is 3.09. The maximum atomic E-state index is 14.3. The molecule has 51 heavy (non-hydrogen) atoms. The molecular weight excluding hydrogens is 663 g/mol. The van der Waals surface area contributed by atoms with Crippen molar-refractivity contribution in [3.63, 3.8) is 0 Å². The molecule has 0 bridgehead atoms. The molecule has 2 atom stereocenters. The van der Waals surface area contributed by atoms with E-state index in [2.05, 4.69) is 0 Å². The lowest BCUT2D eigenvalue weighted by Gasteiger charge is -2.41. The van der Waals surface area contributed by atoms with Crippen molar-refractivity contribution in [1.29, 1.82) is 0 Å². The lowest BCUT2D eigenvalue weighted by molar-refractivity contribution is -0.142. The van der Waals surface area contributed by atoms with Gasteiger partial charge in [0.15, 0.2) is 11.5 Å². The van der Waals surface area contributed by atoms with Gasteiger partial charge < -0.3 is 23.7 Å². The topological polar surface area (TPSA) is 112 Å². The molecule has 4 aromatic rings. The van der Waals surface area contributed by atoms with E-state index in [9.17, 15) is 19.5 Å². The van der Waals surface area contributed by atoms with E-state index in [-0.39, 0.29) is 53.4 Å². The van der Waals surface area contributed by atoms with E-state index in [4.69, 9.17) is 18.6 Å². The Bertz CT molecular complexity index is 1800. The van der Waals surface area contributed by atoms with Crippen LogP contribution in [0, 0.1) is 5.92 Å². The van der Waals surface area contributed by atoms with Crippen molar-refractivity contribution in [2.75, 3.05) is 0 Å². The van der Waals surface area contributed by atoms with Crippen LogP contribution in [0.3, 0.4) is 0 Å². The zero-order valence-corrected chi connectivity index (χ0v) is 30.9. The molecule has 1 heterocycles. The summed E-state index contributed by atoms with van der Waals surface area (Å²) in [6.07, 6.45) is 0.00509. The van der Waals surface area contributed by atoms with Gasteiger partial charge in [-0.25, -0.2) is 9.69 Å². The number of aliphatic hydroxyl groups excluding tert-OH is 1. The molecule has 0 radical (unpaired) electrons. The van der Waals surface area contributed by atoms with Crippen LogP contribution in [0.25, 0.3) is 0 Å². The van der Waals surface area contributed by atoms with Crippen LogP contribution >= 0.6 is 0 Å². The molecule has 9 nitrogen and oxygen atoms in total. The number of carbonyl (C=O) groups is 3. The zero-order chi connectivity index (χ0) is 36.8. The number of rotatable bonds is 13. The number of likely N-dealkylation sites (tertiary alicyclic amines) is 1. The molecular formula is C41H45NO8Si. The van der Waals surface area contributed by atoms with Crippen molar-refractivity contribution >= 4 is 26.1 Å². The van der Waals surface area contributed by atoms with Gasteiger partial charge in [0, 0.05) is 11.6 Å². The van der Waals surface area contributed by atoms with Crippen LogP contribution < -0.4 is 14.2 Å². The maximum Gasteiger partial charge on any atom is 0.319 e. The Morgan fingerprint density at radius 1 is 0.784 bits per heavy atom. The van der Waals surface area contributed by atoms with Gasteiger partial charge in [0.25, 0.3) is 14.2 Å². The largest absolute Gasteiger partial charge is 0.516 e. The highest BCUT2D eigenvalue weighted by atomic mass is 28.4. The van der Waals surface area contributed by atoms with Crippen molar-refractivity contribution in [2.45, 2.75) is 71.8 Å². The van der Waals surface area contributed by atoms with Gasteiger partial charge in [-0.1, -0.05) is 112 Å². The second kappa shape index (κ2) is 15.8. The molecule has 266 valence electrons. The van der Waals surface area contributed by atoms with Gasteiger partial charge in [0.1, 0.15) is 25.7 Å². The maximum absolute atomic E-state index is 14.3. The van der Waals surface area contributed by atoms with E-state index in [1.807, 2.05) is 125 Å². The van der Waals surface area contributed by atoms with E-state index in [0.717, 1.165) is 27.7 Å². The predicted molar refractivity (Wildman–Crippen MR) is 196 cm³/mol. The molecule has 0 aromatic heterocycles. The highest BCUT2D eigenvalue weighted by Crippen LogP contribution is 2.43. The van der Waals surface area contributed by atoms with Gasteiger partial charge >= 0.3 is 5.97 Å². The van der Waals surface area contributed by atoms with Crippen LogP contribution in [0.15, 0.2) is 115 Å². The molecule has 1 saturated heterocycles. The van der Waals surface area contributed by atoms with Gasteiger partial charge in [-0.2, -0.15) is 0 Å². The van der Waals surface area contributed by atoms with Crippen molar-refractivity contribution in [1.82, 2.24) is 4.90 Å². The standard InChI is InChI=1S/C41H45NO8Si/c1-28(43)37-33(24-36(44)50-51(5,6)41(2,3)4)42(40(37)46)39(45)32-22-34(47-25-29-16-10-7-11-17-29)38(49-27-31-20-14-9-15-21-31)35(23-32)48-26-30-18-12-8-13-19-30/h7-24,28,37,43H,25-27H2,1-6H3/b33-24+/t28-,37+/m1/s1. The first-order valence-electron chi connectivity index (χ1n) is 16.9. The fraction of sp³-hybridized carbons (Fsp3) is 0.293. The second-order valence-electron chi connectivity index (χ2n) is 14.1.